The quantitative estimate of drug-likeness (QED) is 0.0552. The molecule has 0 saturated carbocycles. The number of ether oxygens (including phenoxy) is 1. The predicted molar refractivity (Wildman–Crippen MR) is 188 cm³/mol. The van der Waals surface area contributed by atoms with Crippen molar-refractivity contribution < 1.29 is 4.74 Å². The standard InChI is InChI=1S/C40H74O/c1-3-5-7-9-11-13-15-17-19-21-23-25-27-29-31-33-35-37-39-41-40-38-36-34-32-30-28-26-24-22-20-18-16-14-12-10-8-6-4-2/h3-6,21-24H,7-20,25-40H2,1-2H3/b5-3?,6-4?,23-21-,24-22-. The highest BCUT2D eigenvalue weighted by Gasteiger charge is 1.95. The summed E-state index contributed by atoms with van der Waals surface area (Å²) < 4.78 is 5.87. The Labute approximate surface area is 259 Å². The molecule has 0 aromatic heterocycles. The molecule has 0 aliphatic rings. The van der Waals surface area contributed by atoms with Crippen LogP contribution in [0.5, 0.6) is 0 Å². The van der Waals surface area contributed by atoms with Gasteiger partial charge in [0.05, 0.1) is 0 Å². The van der Waals surface area contributed by atoms with E-state index in [4.69, 9.17) is 4.74 Å². The van der Waals surface area contributed by atoms with E-state index in [1.54, 1.807) is 0 Å². The van der Waals surface area contributed by atoms with Gasteiger partial charge in [0.15, 0.2) is 0 Å². The van der Waals surface area contributed by atoms with Gasteiger partial charge >= 0.3 is 0 Å². The number of rotatable bonds is 34. The first-order valence-electron chi connectivity index (χ1n) is 18.5. The van der Waals surface area contributed by atoms with Crippen molar-refractivity contribution in [3.63, 3.8) is 0 Å². The van der Waals surface area contributed by atoms with Crippen molar-refractivity contribution in [3.8, 4) is 0 Å². The largest absolute Gasteiger partial charge is 0.381 e. The van der Waals surface area contributed by atoms with Gasteiger partial charge in [-0.1, -0.05) is 138 Å². The molecule has 0 bridgehead atoms. The number of unbranched alkanes of at least 4 members (excludes halogenated alkanes) is 24. The number of allylic oxidation sites excluding steroid dienone is 8. The number of hydrogen-bond acceptors (Lipinski definition) is 1. The zero-order chi connectivity index (χ0) is 29.6. The molecule has 0 aromatic rings. The molecule has 0 unspecified atom stereocenters. The second-order valence-electron chi connectivity index (χ2n) is 12.2. The second kappa shape index (κ2) is 38.9. The first-order chi connectivity index (χ1) is 20.4. The highest BCUT2D eigenvalue weighted by Crippen LogP contribution is 2.12. The topological polar surface area (TPSA) is 9.23 Å². The van der Waals surface area contributed by atoms with E-state index in [0.29, 0.717) is 0 Å². The van der Waals surface area contributed by atoms with E-state index in [2.05, 4.69) is 62.5 Å². The molecule has 1 nitrogen and oxygen atoms in total. The van der Waals surface area contributed by atoms with Crippen molar-refractivity contribution >= 4 is 0 Å². The van der Waals surface area contributed by atoms with E-state index in [1.807, 2.05) is 0 Å². The molecule has 0 fully saturated rings. The lowest BCUT2D eigenvalue weighted by atomic mass is 10.1. The maximum atomic E-state index is 5.87. The van der Waals surface area contributed by atoms with E-state index in [9.17, 15) is 0 Å². The smallest absolute Gasteiger partial charge is 0.0466 e. The third kappa shape index (κ3) is 38.9. The Kier molecular flexibility index (Phi) is 37.9. The van der Waals surface area contributed by atoms with Gasteiger partial charge in [-0.2, -0.15) is 0 Å². The molecule has 0 saturated heterocycles. The molecule has 0 atom stereocenters. The Morgan fingerprint density at radius 2 is 0.488 bits per heavy atom. The van der Waals surface area contributed by atoms with Crippen LogP contribution in [0.25, 0.3) is 0 Å². The van der Waals surface area contributed by atoms with E-state index < -0.39 is 0 Å². The van der Waals surface area contributed by atoms with Crippen LogP contribution >= 0.6 is 0 Å². The zero-order valence-corrected chi connectivity index (χ0v) is 28.2. The van der Waals surface area contributed by atoms with Crippen molar-refractivity contribution in [1.82, 2.24) is 0 Å². The third-order valence-electron chi connectivity index (χ3n) is 8.11. The van der Waals surface area contributed by atoms with Gasteiger partial charge in [0, 0.05) is 13.2 Å². The SMILES string of the molecule is CC=CCCCCCCC/C=C\CCCCCCCCOCCCCCCCC/C=C\CCCCCCCC=CC. The average molecular weight is 571 g/mol. The van der Waals surface area contributed by atoms with Crippen LogP contribution in [0.2, 0.25) is 0 Å². The summed E-state index contributed by atoms with van der Waals surface area (Å²) in [5.74, 6) is 0. The van der Waals surface area contributed by atoms with Crippen LogP contribution in [0.15, 0.2) is 48.6 Å². The van der Waals surface area contributed by atoms with E-state index >= 15 is 0 Å². The molecule has 0 rings (SSSR count). The fourth-order valence-corrected chi connectivity index (χ4v) is 5.36. The van der Waals surface area contributed by atoms with Crippen molar-refractivity contribution in [1.29, 1.82) is 0 Å². The minimum Gasteiger partial charge on any atom is -0.381 e. The van der Waals surface area contributed by atoms with Gasteiger partial charge in [-0.15, -0.1) is 0 Å². The van der Waals surface area contributed by atoms with Crippen molar-refractivity contribution in [2.75, 3.05) is 13.2 Å². The lowest BCUT2D eigenvalue weighted by Crippen LogP contribution is -1.97. The summed E-state index contributed by atoms with van der Waals surface area (Å²) in [5, 5.41) is 0. The van der Waals surface area contributed by atoms with Crippen LogP contribution in [0, 0.1) is 0 Å². The predicted octanol–water partition coefficient (Wildman–Crippen LogP) is 14.2. The molecule has 41 heavy (non-hydrogen) atoms. The first kappa shape index (κ1) is 39.9. The highest BCUT2D eigenvalue weighted by molar-refractivity contribution is 4.82. The van der Waals surface area contributed by atoms with Crippen LogP contribution in [0.3, 0.4) is 0 Å². The van der Waals surface area contributed by atoms with Gasteiger partial charge in [-0.25, -0.2) is 0 Å². The Bertz CT molecular complexity index is 519. The van der Waals surface area contributed by atoms with Gasteiger partial charge in [0.25, 0.3) is 0 Å². The molecule has 0 spiro atoms. The Hall–Kier alpha value is -1.08. The molecular weight excluding hydrogens is 496 g/mol. The van der Waals surface area contributed by atoms with Crippen LogP contribution in [-0.4, -0.2) is 13.2 Å². The second-order valence-corrected chi connectivity index (χ2v) is 12.2. The molecule has 0 aromatic carbocycles. The van der Waals surface area contributed by atoms with Gasteiger partial charge < -0.3 is 4.74 Å². The molecule has 0 heterocycles. The molecule has 1 heteroatoms. The van der Waals surface area contributed by atoms with Gasteiger partial charge in [0.1, 0.15) is 0 Å². The maximum absolute atomic E-state index is 5.87. The van der Waals surface area contributed by atoms with Gasteiger partial charge in [-0.05, 0) is 104 Å². The van der Waals surface area contributed by atoms with Crippen LogP contribution in [-0.2, 0) is 4.74 Å². The summed E-state index contributed by atoms with van der Waals surface area (Å²) in [4.78, 5) is 0. The minimum absolute atomic E-state index is 0.974. The molecule has 0 aliphatic heterocycles. The monoisotopic (exact) mass is 571 g/mol. The summed E-state index contributed by atoms with van der Waals surface area (Å²) in [6.07, 6.45) is 56.5. The lowest BCUT2D eigenvalue weighted by Gasteiger charge is -2.05. The van der Waals surface area contributed by atoms with E-state index in [-0.39, 0.29) is 0 Å². The van der Waals surface area contributed by atoms with Crippen LogP contribution in [0.1, 0.15) is 194 Å². The fraction of sp³-hybridized carbons (Fsp3) is 0.800. The van der Waals surface area contributed by atoms with Crippen molar-refractivity contribution in [3.05, 3.63) is 48.6 Å². The summed E-state index contributed by atoms with van der Waals surface area (Å²) in [7, 11) is 0. The van der Waals surface area contributed by atoms with Crippen molar-refractivity contribution in [2.24, 2.45) is 0 Å². The average Bonchev–Trinajstić information content (AvgIpc) is 2.98. The van der Waals surface area contributed by atoms with E-state index in [1.165, 1.54) is 180 Å². The summed E-state index contributed by atoms with van der Waals surface area (Å²) in [5.41, 5.74) is 0. The van der Waals surface area contributed by atoms with Crippen LogP contribution < -0.4 is 0 Å². The summed E-state index contributed by atoms with van der Waals surface area (Å²) in [6, 6.07) is 0. The van der Waals surface area contributed by atoms with Gasteiger partial charge in [-0.3, -0.25) is 0 Å². The zero-order valence-electron chi connectivity index (χ0n) is 28.2. The van der Waals surface area contributed by atoms with Gasteiger partial charge in [0.2, 0.25) is 0 Å². The van der Waals surface area contributed by atoms with Crippen molar-refractivity contribution in [2.45, 2.75) is 194 Å². The Morgan fingerprint density at radius 3 is 0.756 bits per heavy atom. The third-order valence-corrected chi connectivity index (χ3v) is 8.11. The Balaban J connectivity index is 3.12. The summed E-state index contributed by atoms with van der Waals surface area (Å²) >= 11 is 0. The fourth-order valence-electron chi connectivity index (χ4n) is 5.36. The normalized spacial score (nSPS) is 12.3. The minimum atomic E-state index is 0.974. The van der Waals surface area contributed by atoms with E-state index in [0.717, 1.165) is 13.2 Å². The molecule has 0 radical (unpaired) electrons. The molecule has 0 N–H and O–H groups in total. The Morgan fingerprint density at radius 1 is 0.268 bits per heavy atom. The molecular formula is C40H74O. The molecule has 0 aliphatic carbocycles. The van der Waals surface area contributed by atoms with Crippen LogP contribution in [0.4, 0.5) is 0 Å². The first-order valence-corrected chi connectivity index (χ1v) is 18.5. The summed E-state index contributed by atoms with van der Waals surface area (Å²) in [6.45, 7) is 6.18. The maximum Gasteiger partial charge on any atom is 0.0466 e. The number of hydrogen-bond donors (Lipinski definition) is 0. The molecule has 240 valence electrons. The lowest BCUT2D eigenvalue weighted by molar-refractivity contribution is 0.125. The highest BCUT2D eigenvalue weighted by atomic mass is 16.5. The molecule has 0 amide bonds.